The lowest BCUT2D eigenvalue weighted by molar-refractivity contribution is -0.122. The van der Waals surface area contributed by atoms with E-state index in [0.29, 0.717) is 13.1 Å². The van der Waals surface area contributed by atoms with E-state index >= 15 is 0 Å². The molecular formula is C23H53N7O5. The normalized spacial score (nSPS) is 9.66. The summed E-state index contributed by atoms with van der Waals surface area (Å²) >= 11 is 0. The lowest BCUT2D eigenvalue weighted by atomic mass is 10.1. The molecule has 0 aliphatic carbocycles. The molecule has 0 aliphatic rings. The second kappa shape index (κ2) is 31.9. The molecular weight excluding hydrogens is 454 g/mol. The van der Waals surface area contributed by atoms with Gasteiger partial charge in [-0.05, 0) is 45.3 Å². The van der Waals surface area contributed by atoms with E-state index in [2.05, 4.69) is 23.9 Å². The molecule has 35 heavy (non-hydrogen) atoms. The number of hydrogen-bond donors (Lipinski definition) is 6. The lowest BCUT2D eigenvalue weighted by Gasteiger charge is -2.21. The third-order valence-electron chi connectivity index (χ3n) is 4.35. The minimum absolute atomic E-state index is 0.0279. The summed E-state index contributed by atoms with van der Waals surface area (Å²) in [5.74, 6) is -0.374. The number of carbonyl (C=O) groups excluding carboxylic acids is 3. The van der Waals surface area contributed by atoms with Crippen LogP contribution in [0.15, 0.2) is 0 Å². The smallest absolute Gasteiger partial charge is 0.410 e. The van der Waals surface area contributed by atoms with Crippen molar-refractivity contribution in [2.75, 3.05) is 59.0 Å². The summed E-state index contributed by atoms with van der Waals surface area (Å²) in [6.07, 6.45) is 8.06. The van der Waals surface area contributed by atoms with Crippen LogP contribution in [0.4, 0.5) is 9.59 Å². The molecule has 210 valence electrons. The van der Waals surface area contributed by atoms with Crippen LogP contribution in [0.2, 0.25) is 0 Å². The first kappa shape index (κ1) is 37.4. The molecule has 0 aromatic heterocycles. The quantitative estimate of drug-likeness (QED) is 0.146. The van der Waals surface area contributed by atoms with Crippen molar-refractivity contribution in [3.63, 3.8) is 0 Å². The maximum absolute atomic E-state index is 12.0. The van der Waals surface area contributed by atoms with E-state index in [1.807, 2.05) is 0 Å². The van der Waals surface area contributed by atoms with Gasteiger partial charge in [0.15, 0.2) is 0 Å². The van der Waals surface area contributed by atoms with E-state index in [4.69, 9.17) is 33.4 Å². The molecule has 0 saturated heterocycles. The van der Waals surface area contributed by atoms with Crippen LogP contribution in [0.1, 0.15) is 71.6 Å². The Morgan fingerprint density at radius 2 is 1.26 bits per heavy atom. The highest BCUT2D eigenvalue weighted by Crippen LogP contribution is 2.05. The zero-order valence-corrected chi connectivity index (χ0v) is 22.1. The lowest BCUT2D eigenvalue weighted by Crippen LogP contribution is -2.42. The number of nitrogens with one attached hydrogen (secondary N) is 1. The van der Waals surface area contributed by atoms with E-state index in [0.717, 1.165) is 45.2 Å². The molecule has 0 radical (unpaired) electrons. The monoisotopic (exact) mass is 507 g/mol. The zero-order chi connectivity index (χ0) is 27.2. The second-order valence-corrected chi connectivity index (χ2v) is 7.68. The van der Waals surface area contributed by atoms with E-state index in [-0.39, 0.29) is 38.8 Å². The molecule has 0 rings (SSSR count). The highest BCUT2D eigenvalue weighted by Gasteiger charge is 2.18. The standard InChI is InChI=1S/C15H31N5O5.2C4H11N/c16-6-4-2-1-3-5-9-20(15(23)25-10-7-17)12-13(21)19-8-11-24-14(18)22;2*1-2-3-4-5/h1-12,16-17H2,(H2,18,22)(H,19,21);2*2-5H2,1H3. The molecule has 0 spiro atoms. The van der Waals surface area contributed by atoms with Gasteiger partial charge in [0.2, 0.25) is 5.91 Å². The predicted octanol–water partition coefficient (Wildman–Crippen LogP) is 0.995. The highest BCUT2D eigenvalue weighted by molar-refractivity contribution is 5.82. The average Bonchev–Trinajstić information content (AvgIpc) is 2.83. The van der Waals surface area contributed by atoms with Gasteiger partial charge in [-0.25, -0.2) is 9.59 Å². The summed E-state index contributed by atoms with van der Waals surface area (Å²) < 4.78 is 9.49. The van der Waals surface area contributed by atoms with Gasteiger partial charge < -0.3 is 43.5 Å². The summed E-state index contributed by atoms with van der Waals surface area (Å²) in [6, 6.07) is 0. The number of rotatable bonds is 18. The van der Waals surface area contributed by atoms with Gasteiger partial charge in [-0.15, -0.1) is 0 Å². The Balaban J connectivity index is -0.000000853. The molecule has 0 saturated carbocycles. The Kier molecular flexibility index (Phi) is 34.0. The van der Waals surface area contributed by atoms with Gasteiger partial charge in [0, 0.05) is 13.1 Å². The van der Waals surface area contributed by atoms with Crippen molar-refractivity contribution >= 4 is 18.1 Å². The van der Waals surface area contributed by atoms with Crippen molar-refractivity contribution in [2.24, 2.45) is 28.7 Å². The number of nitrogens with zero attached hydrogens (tertiary/aromatic N) is 1. The van der Waals surface area contributed by atoms with Crippen LogP contribution in [-0.4, -0.2) is 82.0 Å². The van der Waals surface area contributed by atoms with Crippen LogP contribution in [0.5, 0.6) is 0 Å². The third kappa shape index (κ3) is 34.1. The number of primary amides is 1. The van der Waals surface area contributed by atoms with Crippen LogP contribution >= 0.6 is 0 Å². The van der Waals surface area contributed by atoms with Crippen molar-refractivity contribution in [1.29, 1.82) is 0 Å². The van der Waals surface area contributed by atoms with Gasteiger partial charge in [0.25, 0.3) is 0 Å². The van der Waals surface area contributed by atoms with Gasteiger partial charge in [-0.1, -0.05) is 46.0 Å². The van der Waals surface area contributed by atoms with Crippen LogP contribution in [0, 0.1) is 0 Å². The van der Waals surface area contributed by atoms with E-state index in [1.54, 1.807) is 0 Å². The molecule has 0 aliphatic heterocycles. The number of ether oxygens (including phenoxy) is 2. The molecule has 0 fully saturated rings. The van der Waals surface area contributed by atoms with E-state index in [9.17, 15) is 14.4 Å². The number of amides is 3. The summed E-state index contributed by atoms with van der Waals surface area (Å²) in [5, 5.41) is 2.54. The van der Waals surface area contributed by atoms with Crippen molar-refractivity contribution < 1.29 is 23.9 Å². The Hall–Kier alpha value is -2.15. The van der Waals surface area contributed by atoms with Crippen molar-refractivity contribution in [3.05, 3.63) is 0 Å². The summed E-state index contributed by atoms with van der Waals surface area (Å²) in [4.78, 5) is 35.6. The SMILES string of the molecule is CCCCN.CCCCN.NCCCCCCCN(CC(=O)NCCOC(N)=O)C(=O)OCCN. The van der Waals surface area contributed by atoms with Crippen molar-refractivity contribution in [1.82, 2.24) is 10.2 Å². The number of carbonyl (C=O) groups is 3. The molecule has 0 aromatic rings. The maximum Gasteiger partial charge on any atom is 0.410 e. The van der Waals surface area contributed by atoms with Gasteiger partial charge in [0.05, 0.1) is 6.54 Å². The predicted molar refractivity (Wildman–Crippen MR) is 141 cm³/mol. The molecule has 0 unspecified atom stereocenters. The summed E-state index contributed by atoms with van der Waals surface area (Å²) in [7, 11) is 0. The molecule has 11 N–H and O–H groups in total. The van der Waals surface area contributed by atoms with Gasteiger partial charge in [-0.2, -0.15) is 0 Å². The fourth-order valence-corrected chi connectivity index (χ4v) is 2.43. The first-order valence-corrected chi connectivity index (χ1v) is 12.7. The van der Waals surface area contributed by atoms with Crippen LogP contribution in [-0.2, 0) is 14.3 Å². The highest BCUT2D eigenvalue weighted by atomic mass is 16.6. The number of hydrogen-bond acceptors (Lipinski definition) is 9. The molecule has 3 amide bonds. The minimum Gasteiger partial charge on any atom is -0.448 e. The Bertz CT molecular complexity index is 475. The zero-order valence-electron chi connectivity index (χ0n) is 22.1. The van der Waals surface area contributed by atoms with Gasteiger partial charge in [0.1, 0.15) is 19.8 Å². The van der Waals surface area contributed by atoms with E-state index < -0.39 is 12.2 Å². The molecule has 0 bridgehead atoms. The third-order valence-corrected chi connectivity index (χ3v) is 4.35. The first-order chi connectivity index (χ1) is 16.8. The first-order valence-electron chi connectivity index (χ1n) is 12.7. The average molecular weight is 508 g/mol. The van der Waals surface area contributed by atoms with Gasteiger partial charge >= 0.3 is 12.2 Å². The molecule has 12 heteroatoms. The van der Waals surface area contributed by atoms with Crippen molar-refractivity contribution in [3.8, 4) is 0 Å². The largest absolute Gasteiger partial charge is 0.448 e. The molecule has 0 heterocycles. The number of unbranched alkanes of at least 4 members (excludes halogenated alkanes) is 6. The fraction of sp³-hybridized carbons (Fsp3) is 0.870. The molecule has 0 aromatic carbocycles. The Morgan fingerprint density at radius 1 is 0.714 bits per heavy atom. The molecule has 0 atom stereocenters. The van der Waals surface area contributed by atoms with Crippen LogP contribution < -0.4 is 34.0 Å². The van der Waals surface area contributed by atoms with Crippen molar-refractivity contribution in [2.45, 2.75) is 71.6 Å². The topological polar surface area (TPSA) is 215 Å². The second-order valence-electron chi connectivity index (χ2n) is 7.68. The maximum atomic E-state index is 12.0. The summed E-state index contributed by atoms with van der Waals surface area (Å²) in [6.45, 7) is 7.31. The Labute approximate surface area is 212 Å². The minimum atomic E-state index is -0.907. The van der Waals surface area contributed by atoms with Crippen LogP contribution in [0.3, 0.4) is 0 Å². The Morgan fingerprint density at radius 3 is 1.71 bits per heavy atom. The van der Waals surface area contributed by atoms with Gasteiger partial charge in [-0.3, -0.25) is 9.69 Å². The van der Waals surface area contributed by atoms with Crippen LogP contribution in [0.25, 0.3) is 0 Å². The molecule has 12 nitrogen and oxygen atoms in total. The fourth-order valence-electron chi connectivity index (χ4n) is 2.43. The van der Waals surface area contributed by atoms with E-state index in [1.165, 1.54) is 30.6 Å². The number of nitrogens with two attached hydrogens (primary N) is 5. The summed E-state index contributed by atoms with van der Waals surface area (Å²) in [5.41, 5.74) is 25.8.